The average molecular weight is 355 g/mol. The highest BCUT2D eigenvalue weighted by molar-refractivity contribution is 6.63. The molecule has 0 amide bonds. The van der Waals surface area contributed by atoms with Gasteiger partial charge in [-0.1, -0.05) is 6.07 Å². The lowest BCUT2D eigenvalue weighted by atomic mass is 9.77. The van der Waals surface area contributed by atoms with Gasteiger partial charge in [0.25, 0.3) is 0 Å². The summed E-state index contributed by atoms with van der Waals surface area (Å²) in [7, 11) is -0.500. The summed E-state index contributed by atoms with van der Waals surface area (Å²) < 4.78 is 28.3. The predicted octanol–water partition coefficient (Wildman–Crippen LogP) is 2.86. The van der Waals surface area contributed by atoms with Gasteiger partial charge in [0.1, 0.15) is 5.82 Å². The van der Waals surface area contributed by atoms with E-state index < -0.39 is 24.1 Å². The van der Waals surface area contributed by atoms with Gasteiger partial charge in [-0.05, 0) is 53.7 Å². The minimum Gasteiger partial charge on any atom is -0.399 e. The lowest BCUT2D eigenvalue weighted by Crippen LogP contribution is -2.41. The molecule has 0 spiro atoms. The Balaban J connectivity index is 1.91. The van der Waals surface area contributed by atoms with Gasteiger partial charge in [-0.2, -0.15) is 10.4 Å². The van der Waals surface area contributed by atoms with Crippen molar-refractivity contribution in [2.45, 2.75) is 59.3 Å². The van der Waals surface area contributed by atoms with Crippen molar-refractivity contribution in [3.8, 4) is 6.07 Å². The van der Waals surface area contributed by atoms with Gasteiger partial charge in [-0.3, -0.25) is 4.68 Å². The van der Waals surface area contributed by atoms with E-state index in [2.05, 4.69) is 5.10 Å². The SMILES string of the molecule is Cc1nn(Cc2ccc(C#N)cc2F)c(C)c1B1OC(C)(C)C(C)(C)O1. The maximum atomic E-state index is 14.2. The smallest absolute Gasteiger partial charge is 0.399 e. The van der Waals surface area contributed by atoms with E-state index in [9.17, 15) is 4.39 Å². The second-order valence-corrected chi connectivity index (χ2v) is 7.75. The van der Waals surface area contributed by atoms with Crippen LogP contribution in [0.3, 0.4) is 0 Å². The van der Waals surface area contributed by atoms with Crippen LogP contribution in [0.25, 0.3) is 0 Å². The van der Waals surface area contributed by atoms with Crippen molar-refractivity contribution in [2.24, 2.45) is 0 Å². The van der Waals surface area contributed by atoms with Crippen LogP contribution in [0.4, 0.5) is 4.39 Å². The van der Waals surface area contributed by atoms with E-state index in [4.69, 9.17) is 14.6 Å². The normalized spacial score (nSPS) is 18.2. The van der Waals surface area contributed by atoms with Crippen LogP contribution >= 0.6 is 0 Å². The summed E-state index contributed by atoms with van der Waals surface area (Å²) in [5.74, 6) is -0.409. The van der Waals surface area contributed by atoms with Crippen molar-refractivity contribution >= 4 is 12.6 Å². The molecule has 0 radical (unpaired) electrons. The summed E-state index contributed by atoms with van der Waals surface area (Å²) in [6.07, 6.45) is 0. The summed E-state index contributed by atoms with van der Waals surface area (Å²) in [6.45, 7) is 12.1. The first-order valence-corrected chi connectivity index (χ1v) is 8.64. The molecule has 7 heteroatoms. The first-order valence-electron chi connectivity index (χ1n) is 8.64. The second-order valence-electron chi connectivity index (χ2n) is 7.75. The third-order valence-corrected chi connectivity index (χ3v) is 5.43. The predicted molar refractivity (Wildman–Crippen MR) is 97.6 cm³/mol. The number of halogens is 1. The van der Waals surface area contributed by atoms with Crippen LogP contribution in [0.2, 0.25) is 0 Å². The zero-order valence-corrected chi connectivity index (χ0v) is 16.1. The van der Waals surface area contributed by atoms with Gasteiger partial charge < -0.3 is 9.31 Å². The molecule has 1 aliphatic rings. The van der Waals surface area contributed by atoms with Crippen molar-refractivity contribution in [3.05, 3.63) is 46.5 Å². The first-order chi connectivity index (χ1) is 12.1. The first kappa shape index (κ1) is 18.6. The van der Waals surface area contributed by atoms with E-state index >= 15 is 0 Å². The third-order valence-electron chi connectivity index (χ3n) is 5.43. The van der Waals surface area contributed by atoms with Gasteiger partial charge in [0, 0.05) is 16.7 Å². The molecule has 0 N–H and O–H groups in total. The fourth-order valence-corrected chi connectivity index (χ4v) is 3.07. The van der Waals surface area contributed by atoms with Crippen LogP contribution in [0, 0.1) is 31.0 Å². The molecule has 2 heterocycles. The highest BCUT2D eigenvalue weighted by atomic mass is 19.1. The standard InChI is InChI=1S/C19H23BFN3O2/c1-12-17(20-25-18(3,4)19(5,6)26-20)13(2)24(23-12)11-15-8-7-14(10-22)9-16(15)21/h7-9H,11H2,1-6H3. The van der Waals surface area contributed by atoms with Crippen LogP contribution in [0.1, 0.15) is 50.2 Å². The molecule has 26 heavy (non-hydrogen) atoms. The Kier molecular flexibility index (Phi) is 4.46. The summed E-state index contributed by atoms with van der Waals surface area (Å²) in [4.78, 5) is 0. The molecule has 0 bridgehead atoms. The summed E-state index contributed by atoms with van der Waals surface area (Å²) in [5, 5.41) is 13.4. The Hall–Kier alpha value is -2.17. The molecule has 2 aromatic rings. The fourth-order valence-electron chi connectivity index (χ4n) is 3.07. The number of aromatic nitrogens is 2. The number of hydrogen-bond donors (Lipinski definition) is 0. The van der Waals surface area contributed by atoms with Gasteiger partial charge in [-0.15, -0.1) is 0 Å². The molecule has 1 aromatic heterocycles. The summed E-state index contributed by atoms with van der Waals surface area (Å²) in [5.41, 5.74) is 2.49. The monoisotopic (exact) mass is 355 g/mol. The molecule has 0 unspecified atom stereocenters. The van der Waals surface area contributed by atoms with Crippen molar-refractivity contribution < 1.29 is 13.7 Å². The molecule has 136 valence electrons. The molecule has 5 nitrogen and oxygen atoms in total. The fraction of sp³-hybridized carbons (Fsp3) is 0.474. The van der Waals surface area contributed by atoms with E-state index in [1.54, 1.807) is 16.8 Å². The van der Waals surface area contributed by atoms with Crippen molar-refractivity contribution in [1.29, 1.82) is 5.26 Å². The Bertz CT molecular complexity index is 883. The molecule has 3 rings (SSSR count). The molecule has 1 fully saturated rings. The van der Waals surface area contributed by atoms with Crippen LogP contribution in [-0.4, -0.2) is 28.1 Å². The minimum absolute atomic E-state index is 0.281. The summed E-state index contributed by atoms with van der Waals surface area (Å²) in [6, 6.07) is 6.42. The van der Waals surface area contributed by atoms with Crippen LogP contribution in [-0.2, 0) is 15.9 Å². The number of nitrogens with zero attached hydrogens (tertiary/aromatic N) is 3. The summed E-state index contributed by atoms with van der Waals surface area (Å²) >= 11 is 0. The lowest BCUT2D eigenvalue weighted by molar-refractivity contribution is 0.00578. The zero-order chi connectivity index (χ0) is 19.3. The van der Waals surface area contributed by atoms with Crippen LogP contribution in [0.5, 0.6) is 0 Å². The van der Waals surface area contributed by atoms with Crippen molar-refractivity contribution in [3.63, 3.8) is 0 Å². The molecule has 0 atom stereocenters. The number of benzene rings is 1. The maximum absolute atomic E-state index is 14.2. The molecule has 1 aliphatic heterocycles. The number of nitriles is 1. The van der Waals surface area contributed by atoms with Gasteiger partial charge in [0.05, 0.1) is 35.1 Å². The van der Waals surface area contributed by atoms with Gasteiger partial charge in [0.2, 0.25) is 0 Å². The molecular formula is C19H23BFN3O2. The quantitative estimate of drug-likeness (QED) is 0.795. The Morgan fingerprint density at radius 2 is 1.81 bits per heavy atom. The molecule has 0 saturated carbocycles. The van der Waals surface area contributed by atoms with Crippen molar-refractivity contribution in [2.75, 3.05) is 0 Å². The average Bonchev–Trinajstić information content (AvgIpc) is 2.93. The van der Waals surface area contributed by atoms with E-state index in [1.165, 1.54) is 6.07 Å². The van der Waals surface area contributed by atoms with Crippen molar-refractivity contribution in [1.82, 2.24) is 9.78 Å². The molecular weight excluding hydrogens is 332 g/mol. The number of rotatable bonds is 3. The largest absolute Gasteiger partial charge is 0.498 e. The Morgan fingerprint density at radius 1 is 1.19 bits per heavy atom. The minimum atomic E-state index is -0.500. The maximum Gasteiger partial charge on any atom is 0.498 e. The van der Waals surface area contributed by atoms with Gasteiger partial charge in [-0.25, -0.2) is 4.39 Å². The van der Waals surface area contributed by atoms with Crippen LogP contribution in [0.15, 0.2) is 18.2 Å². The number of hydrogen-bond acceptors (Lipinski definition) is 4. The number of aryl methyl sites for hydroxylation is 1. The highest BCUT2D eigenvalue weighted by Gasteiger charge is 2.53. The molecule has 0 aliphatic carbocycles. The third kappa shape index (κ3) is 3.04. The van der Waals surface area contributed by atoms with E-state index in [0.717, 1.165) is 16.9 Å². The lowest BCUT2D eigenvalue weighted by Gasteiger charge is -2.32. The van der Waals surface area contributed by atoms with Gasteiger partial charge >= 0.3 is 7.12 Å². The van der Waals surface area contributed by atoms with E-state index in [0.29, 0.717) is 11.1 Å². The van der Waals surface area contributed by atoms with Crippen LogP contribution < -0.4 is 5.46 Å². The topological polar surface area (TPSA) is 60.1 Å². The van der Waals surface area contributed by atoms with E-state index in [1.807, 2.05) is 47.6 Å². The molecule has 1 aromatic carbocycles. The Labute approximate surface area is 153 Å². The van der Waals surface area contributed by atoms with E-state index in [-0.39, 0.29) is 6.54 Å². The molecule has 1 saturated heterocycles. The Morgan fingerprint density at radius 3 is 2.35 bits per heavy atom. The van der Waals surface area contributed by atoms with Gasteiger partial charge in [0.15, 0.2) is 0 Å². The highest BCUT2D eigenvalue weighted by Crippen LogP contribution is 2.36. The zero-order valence-electron chi connectivity index (χ0n) is 16.1. The second kappa shape index (κ2) is 6.22.